The summed E-state index contributed by atoms with van der Waals surface area (Å²) in [7, 11) is 4.60. The summed E-state index contributed by atoms with van der Waals surface area (Å²) >= 11 is 7.44. The van der Waals surface area contributed by atoms with Crippen LogP contribution >= 0.6 is 22.9 Å². The number of methoxy groups -OCH3 is 1. The lowest BCUT2D eigenvalue weighted by Gasteiger charge is -2.35. The Labute approximate surface area is 464 Å². The number of carbonyl (C=O) groups is 5. The molecule has 4 heterocycles. The Morgan fingerprint density at radius 1 is 0.833 bits per heavy atom. The summed E-state index contributed by atoms with van der Waals surface area (Å²) in [4.78, 5) is 86.3. The van der Waals surface area contributed by atoms with Crippen LogP contribution in [0.15, 0.2) is 54.0 Å². The van der Waals surface area contributed by atoms with Crippen molar-refractivity contribution in [1.29, 1.82) is 0 Å². The van der Waals surface area contributed by atoms with E-state index in [-0.39, 0.29) is 41.9 Å². The van der Waals surface area contributed by atoms with Crippen molar-refractivity contribution in [2.75, 3.05) is 131 Å². The quantitative estimate of drug-likeness (QED) is 0.0347. The molecule has 7 rings (SSSR count). The van der Waals surface area contributed by atoms with Crippen molar-refractivity contribution < 1.29 is 57.5 Å². The zero-order valence-electron chi connectivity index (χ0n) is 44.9. The maximum atomic E-state index is 14.3. The fraction of sp³-hybridized carbons (Fsp3) is 0.556. The number of carbonyl (C=O) groups excluding carboxylic acids is 4. The molecular formula is C54H73ClN10O12S. The lowest BCUT2D eigenvalue weighted by Crippen LogP contribution is -2.56. The second-order valence-electron chi connectivity index (χ2n) is 19.2. The third kappa shape index (κ3) is 16.7. The Morgan fingerprint density at radius 2 is 1.53 bits per heavy atom. The number of ketones is 1. The number of piperazine rings is 1. The van der Waals surface area contributed by atoms with E-state index in [1.807, 2.05) is 4.90 Å². The van der Waals surface area contributed by atoms with Gasteiger partial charge in [0, 0.05) is 69.9 Å². The molecule has 424 valence electrons. The number of rotatable bonds is 29. The summed E-state index contributed by atoms with van der Waals surface area (Å²) in [5.74, 6) is 0.742. The molecule has 3 atom stereocenters. The average Bonchev–Trinajstić information content (AvgIpc) is 4.20. The number of ether oxygens (including phenoxy) is 6. The molecule has 2 saturated heterocycles. The van der Waals surface area contributed by atoms with Crippen LogP contribution in [-0.2, 0) is 28.5 Å². The van der Waals surface area contributed by atoms with Gasteiger partial charge in [0.25, 0.3) is 5.91 Å². The summed E-state index contributed by atoms with van der Waals surface area (Å²) in [5.41, 5.74) is 1.84. The number of nitrogens with one attached hydrogen (secondary N) is 3. The molecule has 0 spiro atoms. The van der Waals surface area contributed by atoms with Crippen LogP contribution in [0, 0.1) is 5.92 Å². The van der Waals surface area contributed by atoms with Crippen LogP contribution in [-0.4, -0.2) is 201 Å². The van der Waals surface area contributed by atoms with E-state index in [0.29, 0.717) is 129 Å². The Kier molecular flexibility index (Phi) is 23.0. The number of hydrogen-bond acceptors (Lipinski definition) is 18. The van der Waals surface area contributed by atoms with Gasteiger partial charge in [-0.25, -0.2) is 14.8 Å². The third-order valence-electron chi connectivity index (χ3n) is 14.1. The van der Waals surface area contributed by atoms with Crippen LogP contribution in [0.1, 0.15) is 89.3 Å². The van der Waals surface area contributed by atoms with E-state index in [1.165, 1.54) is 31.5 Å². The van der Waals surface area contributed by atoms with E-state index in [4.69, 9.17) is 45.0 Å². The Bertz CT molecular complexity index is 2620. The number of likely N-dealkylation sites (tertiary alicyclic amines) is 1. The molecule has 3 aliphatic rings. The summed E-state index contributed by atoms with van der Waals surface area (Å²) in [5, 5.41) is 21.2. The van der Waals surface area contributed by atoms with Crippen molar-refractivity contribution >= 4 is 70.0 Å². The predicted molar refractivity (Wildman–Crippen MR) is 293 cm³/mol. The number of likely N-dealkylation sites (N-methyl/N-ethyl adjacent to an activating group) is 1. The highest BCUT2D eigenvalue weighted by molar-refractivity contribution is 7.10. The average molecular weight is 1120 g/mol. The number of thiazole rings is 1. The molecule has 4 amide bonds. The third-order valence-corrected chi connectivity index (χ3v) is 15.3. The Hall–Kier alpha value is -6.21. The largest absolute Gasteiger partial charge is 0.495 e. The van der Waals surface area contributed by atoms with Crippen LogP contribution in [0.5, 0.6) is 11.5 Å². The molecule has 4 N–H and O–H groups in total. The van der Waals surface area contributed by atoms with Gasteiger partial charge in [0.2, 0.25) is 23.5 Å². The van der Waals surface area contributed by atoms with Gasteiger partial charge in [-0.2, -0.15) is 4.98 Å². The molecular weight excluding hydrogens is 1050 g/mol. The lowest BCUT2D eigenvalue weighted by molar-refractivity contribution is -0.140. The molecule has 1 aliphatic carbocycles. The standard InChI is InChI=1S/C54H73ClN10O12S/c1-36(62(3)54(70)71)49(67)60-46(37-10-6-5-7-11-37)52(69)65-17-9-14-44(65)50-58-43(35-78-50)47(66)38-12-8-13-40(32-38)77-31-30-76-29-28-75-27-26-74-25-24-73-23-22-63-18-20-64(21-19-63)51(68)39-15-16-42(45(33-39)72-4)59-53-57-34-41(55)48(56-2)61-53/h8,12-13,15-16,32-37,44,46H,5-7,9-11,14,17-31H2,1-4H3,(H,60,67)(H,70,71)(H2,56,57,59,61)/t36-,44-,46-/m0/s1. The number of amides is 4. The fourth-order valence-electron chi connectivity index (χ4n) is 9.53. The zero-order valence-corrected chi connectivity index (χ0v) is 46.5. The molecule has 4 aromatic rings. The minimum absolute atomic E-state index is 0.0565. The van der Waals surface area contributed by atoms with Crippen LogP contribution in [0.2, 0.25) is 5.02 Å². The topological polar surface area (TPSA) is 249 Å². The number of halogens is 1. The van der Waals surface area contributed by atoms with Crippen LogP contribution in [0.25, 0.3) is 0 Å². The van der Waals surface area contributed by atoms with Gasteiger partial charge in [0.15, 0.2) is 0 Å². The Balaban J connectivity index is 0.719. The van der Waals surface area contributed by atoms with Crippen LogP contribution in [0.4, 0.5) is 22.2 Å². The zero-order chi connectivity index (χ0) is 55.4. The first-order valence-corrected chi connectivity index (χ1v) is 27.9. The molecule has 22 nitrogen and oxygen atoms in total. The van der Waals surface area contributed by atoms with Gasteiger partial charge in [-0.1, -0.05) is 43.0 Å². The maximum absolute atomic E-state index is 14.3. The first-order valence-electron chi connectivity index (χ1n) is 26.6. The van der Waals surface area contributed by atoms with Crippen molar-refractivity contribution in [2.24, 2.45) is 5.92 Å². The number of nitrogens with zero attached hydrogens (tertiary/aromatic N) is 7. The maximum Gasteiger partial charge on any atom is 0.407 e. The van der Waals surface area contributed by atoms with Crippen molar-refractivity contribution in [3.8, 4) is 11.5 Å². The van der Waals surface area contributed by atoms with Crippen molar-refractivity contribution in [1.82, 2.24) is 39.9 Å². The number of hydrogen-bond donors (Lipinski definition) is 4. The smallest absolute Gasteiger partial charge is 0.407 e. The summed E-state index contributed by atoms with van der Waals surface area (Å²) in [6.07, 6.45) is 6.28. The van der Waals surface area contributed by atoms with Crippen molar-refractivity contribution in [3.63, 3.8) is 0 Å². The molecule has 1 saturated carbocycles. The summed E-state index contributed by atoms with van der Waals surface area (Å²) < 4.78 is 34.2. The monoisotopic (exact) mass is 1120 g/mol. The van der Waals surface area contributed by atoms with Crippen LogP contribution < -0.4 is 25.4 Å². The van der Waals surface area contributed by atoms with Gasteiger partial charge < -0.3 is 59.3 Å². The molecule has 2 aromatic carbocycles. The highest BCUT2D eigenvalue weighted by Gasteiger charge is 2.41. The van der Waals surface area contributed by atoms with Crippen molar-refractivity contribution in [2.45, 2.75) is 70.0 Å². The van der Waals surface area contributed by atoms with E-state index in [1.54, 1.807) is 66.9 Å². The van der Waals surface area contributed by atoms with E-state index in [9.17, 15) is 29.1 Å². The molecule has 2 aliphatic heterocycles. The second-order valence-corrected chi connectivity index (χ2v) is 20.5. The van der Waals surface area contributed by atoms with E-state index < -0.39 is 24.1 Å². The van der Waals surface area contributed by atoms with E-state index in [0.717, 1.165) is 63.1 Å². The lowest BCUT2D eigenvalue weighted by atomic mass is 9.83. The number of carboxylic acid groups (broad SMARTS) is 1. The first kappa shape index (κ1) is 59.5. The molecule has 3 fully saturated rings. The summed E-state index contributed by atoms with van der Waals surface area (Å²) in [6.45, 7) is 9.13. The number of aromatic nitrogens is 3. The normalized spacial score (nSPS) is 16.8. The minimum atomic E-state index is -1.23. The molecule has 78 heavy (non-hydrogen) atoms. The van der Waals surface area contributed by atoms with Gasteiger partial charge in [-0.05, 0) is 68.9 Å². The van der Waals surface area contributed by atoms with Crippen molar-refractivity contribution in [3.05, 3.63) is 80.9 Å². The van der Waals surface area contributed by atoms with Crippen LogP contribution in [0.3, 0.4) is 0 Å². The Morgan fingerprint density at radius 3 is 2.21 bits per heavy atom. The van der Waals surface area contributed by atoms with Gasteiger partial charge in [0.1, 0.15) is 51.7 Å². The molecule has 0 unspecified atom stereocenters. The molecule has 0 bridgehead atoms. The summed E-state index contributed by atoms with van der Waals surface area (Å²) in [6, 6.07) is 10.1. The fourth-order valence-corrected chi connectivity index (χ4v) is 10.7. The molecule has 0 radical (unpaired) electrons. The minimum Gasteiger partial charge on any atom is -0.495 e. The van der Waals surface area contributed by atoms with Gasteiger partial charge >= 0.3 is 6.09 Å². The SMILES string of the molecule is CNc1nc(Nc2ccc(C(=O)N3CCN(CCOCCOCCOCCOCCOc4cccc(C(=O)c5csc([C@@H]6CCCN6C(=O)[C@@H](NC(=O)[C@H](C)N(C)C(=O)O)C6CCCCC6)n5)c4)CC3)cc2OC)ncc1Cl. The van der Waals surface area contributed by atoms with Gasteiger partial charge in [0.05, 0.1) is 77.9 Å². The highest BCUT2D eigenvalue weighted by atomic mass is 35.5. The number of anilines is 3. The highest BCUT2D eigenvalue weighted by Crippen LogP contribution is 2.37. The molecule has 24 heteroatoms. The van der Waals surface area contributed by atoms with E-state index >= 15 is 0 Å². The number of benzene rings is 2. The first-order chi connectivity index (χ1) is 37.8. The second kappa shape index (κ2) is 30.2. The van der Waals surface area contributed by atoms with Gasteiger partial charge in [-0.15, -0.1) is 11.3 Å². The predicted octanol–water partition coefficient (Wildman–Crippen LogP) is 6.24. The molecule has 2 aromatic heterocycles. The van der Waals surface area contributed by atoms with Gasteiger partial charge in [-0.3, -0.25) is 29.0 Å². The van der Waals surface area contributed by atoms with E-state index in [2.05, 4.69) is 30.8 Å².